The van der Waals surface area contributed by atoms with Crippen molar-refractivity contribution in [2.75, 3.05) is 6.54 Å². The van der Waals surface area contributed by atoms with Gasteiger partial charge < -0.3 is 5.73 Å². The average Bonchev–Trinajstić information content (AvgIpc) is 2.09. The van der Waals surface area contributed by atoms with E-state index in [4.69, 9.17) is 17.3 Å². The molecule has 0 saturated heterocycles. The molecule has 0 aliphatic carbocycles. The molecule has 0 atom stereocenters. The summed E-state index contributed by atoms with van der Waals surface area (Å²) >= 11 is 5.90. The van der Waals surface area contributed by atoms with Crippen molar-refractivity contribution < 1.29 is 0 Å². The summed E-state index contributed by atoms with van der Waals surface area (Å²) in [7, 11) is 0. The molecule has 1 aromatic rings. The number of halogens is 1. The third-order valence-electron chi connectivity index (χ3n) is 1.46. The van der Waals surface area contributed by atoms with E-state index in [0.29, 0.717) is 13.0 Å². The molecular formula is C10H10ClN. The summed E-state index contributed by atoms with van der Waals surface area (Å²) in [6.07, 6.45) is 0.677. The zero-order chi connectivity index (χ0) is 8.81. The summed E-state index contributed by atoms with van der Waals surface area (Å²) < 4.78 is 0. The number of rotatable bonds is 1. The molecule has 0 amide bonds. The maximum Gasteiger partial charge on any atom is 0.0551 e. The smallest absolute Gasteiger partial charge is 0.0551 e. The lowest BCUT2D eigenvalue weighted by molar-refractivity contribution is 1.27. The summed E-state index contributed by atoms with van der Waals surface area (Å²) in [5, 5.41) is 0.767. The Balaban J connectivity index is 2.69. The van der Waals surface area contributed by atoms with E-state index in [1.165, 1.54) is 0 Å². The Morgan fingerprint density at radius 2 is 2.00 bits per heavy atom. The van der Waals surface area contributed by atoms with Gasteiger partial charge in [0.25, 0.3) is 0 Å². The number of nitrogens with two attached hydrogens (primary N) is 1. The standard InChI is InChI=1S/C10H10ClN/c11-10-7-2-1-5-9(10)6-3-4-8-12/h1-2,5,7H,6,8,12H2. The van der Waals surface area contributed by atoms with Gasteiger partial charge in [-0.05, 0) is 11.6 Å². The highest BCUT2D eigenvalue weighted by Crippen LogP contribution is 2.14. The third kappa shape index (κ3) is 2.58. The Kier molecular flexibility index (Phi) is 3.66. The summed E-state index contributed by atoms with van der Waals surface area (Å²) in [6, 6.07) is 7.68. The number of hydrogen-bond acceptors (Lipinski definition) is 1. The summed E-state index contributed by atoms with van der Waals surface area (Å²) in [5.74, 6) is 5.73. The fourth-order valence-electron chi connectivity index (χ4n) is 0.872. The lowest BCUT2D eigenvalue weighted by atomic mass is 10.1. The van der Waals surface area contributed by atoms with Gasteiger partial charge >= 0.3 is 0 Å². The predicted octanol–water partition coefficient (Wildman–Crippen LogP) is 1.84. The van der Waals surface area contributed by atoms with E-state index < -0.39 is 0 Å². The van der Waals surface area contributed by atoms with Crippen LogP contribution in [0.4, 0.5) is 0 Å². The predicted molar refractivity (Wildman–Crippen MR) is 52.0 cm³/mol. The van der Waals surface area contributed by atoms with Crippen molar-refractivity contribution in [2.45, 2.75) is 6.42 Å². The lowest BCUT2D eigenvalue weighted by Crippen LogP contribution is -1.93. The second kappa shape index (κ2) is 4.82. The maximum absolute atomic E-state index is 5.90. The molecule has 0 aliphatic heterocycles. The first-order valence-electron chi connectivity index (χ1n) is 3.74. The van der Waals surface area contributed by atoms with Crippen molar-refractivity contribution in [3.8, 4) is 11.8 Å². The zero-order valence-electron chi connectivity index (χ0n) is 6.68. The van der Waals surface area contributed by atoms with Crippen LogP contribution in [0.2, 0.25) is 5.02 Å². The molecule has 2 heteroatoms. The van der Waals surface area contributed by atoms with Crippen LogP contribution in [0.5, 0.6) is 0 Å². The van der Waals surface area contributed by atoms with Crippen LogP contribution in [-0.4, -0.2) is 6.54 Å². The van der Waals surface area contributed by atoms with Gasteiger partial charge in [0.05, 0.1) is 6.54 Å². The fourth-order valence-corrected chi connectivity index (χ4v) is 1.07. The molecular weight excluding hydrogens is 170 g/mol. The molecule has 0 aromatic heterocycles. The van der Waals surface area contributed by atoms with E-state index in [1.54, 1.807) is 0 Å². The molecule has 0 fully saturated rings. The largest absolute Gasteiger partial charge is 0.320 e. The van der Waals surface area contributed by atoms with Crippen LogP contribution >= 0.6 is 11.6 Å². The molecule has 0 radical (unpaired) electrons. The molecule has 62 valence electrons. The van der Waals surface area contributed by atoms with Gasteiger partial charge in [0, 0.05) is 11.4 Å². The van der Waals surface area contributed by atoms with Gasteiger partial charge in [-0.1, -0.05) is 41.6 Å². The average molecular weight is 180 g/mol. The Morgan fingerprint density at radius 1 is 1.25 bits per heavy atom. The van der Waals surface area contributed by atoms with Crippen LogP contribution in [0.3, 0.4) is 0 Å². The SMILES string of the molecule is NCC#CCc1ccccc1Cl. The highest BCUT2D eigenvalue weighted by Gasteiger charge is 1.94. The van der Waals surface area contributed by atoms with Gasteiger partial charge in [-0.25, -0.2) is 0 Å². The highest BCUT2D eigenvalue weighted by molar-refractivity contribution is 6.31. The molecule has 1 aromatic carbocycles. The van der Waals surface area contributed by atoms with Crippen LogP contribution in [0.1, 0.15) is 5.56 Å². The molecule has 0 aliphatic rings. The van der Waals surface area contributed by atoms with Crippen molar-refractivity contribution in [1.29, 1.82) is 0 Å². The van der Waals surface area contributed by atoms with Crippen LogP contribution in [-0.2, 0) is 6.42 Å². The van der Waals surface area contributed by atoms with Crippen molar-refractivity contribution >= 4 is 11.6 Å². The van der Waals surface area contributed by atoms with Crippen LogP contribution in [0.25, 0.3) is 0 Å². The third-order valence-corrected chi connectivity index (χ3v) is 1.83. The van der Waals surface area contributed by atoms with Crippen molar-refractivity contribution in [1.82, 2.24) is 0 Å². The molecule has 1 nitrogen and oxygen atoms in total. The minimum atomic E-state index is 0.407. The summed E-state index contributed by atoms with van der Waals surface area (Å²) in [5.41, 5.74) is 6.28. The molecule has 2 N–H and O–H groups in total. The molecule has 0 saturated carbocycles. The molecule has 0 unspecified atom stereocenters. The highest BCUT2D eigenvalue weighted by atomic mass is 35.5. The van der Waals surface area contributed by atoms with Gasteiger partial charge in [0.1, 0.15) is 0 Å². The summed E-state index contributed by atoms with van der Waals surface area (Å²) in [4.78, 5) is 0. The van der Waals surface area contributed by atoms with E-state index in [1.807, 2.05) is 24.3 Å². The number of benzene rings is 1. The van der Waals surface area contributed by atoms with E-state index in [-0.39, 0.29) is 0 Å². The Hall–Kier alpha value is -0.970. The maximum atomic E-state index is 5.90. The van der Waals surface area contributed by atoms with Gasteiger partial charge in [-0.2, -0.15) is 0 Å². The zero-order valence-corrected chi connectivity index (χ0v) is 7.43. The van der Waals surface area contributed by atoms with E-state index in [2.05, 4.69) is 11.8 Å². The van der Waals surface area contributed by atoms with E-state index in [9.17, 15) is 0 Å². The van der Waals surface area contributed by atoms with Crippen LogP contribution in [0, 0.1) is 11.8 Å². The van der Waals surface area contributed by atoms with E-state index >= 15 is 0 Å². The van der Waals surface area contributed by atoms with Crippen LogP contribution < -0.4 is 5.73 Å². The second-order valence-corrected chi connectivity index (χ2v) is 2.73. The molecule has 0 spiro atoms. The van der Waals surface area contributed by atoms with Gasteiger partial charge in [0.2, 0.25) is 0 Å². The fraction of sp³-hybridized carbons (Fsp3) is 0.200. The first-order valence-corrected chi connectivity index (χ1v) is 4.11. The monoisotopic (exact) mass is 179 g/mol. The minimum Gasteiger partial charge on any atom is -0.320 e. The Bertz CT molecular complexity index is 309. The Labute approximate surface area is 77.5 Å². The van der Waals surface area contributed by atoms with Crippen molar-refractivity contribution in [2.24, 2.45) is 5.73 Å². The van der Waals surface area contributed by atoms with Crippen LogP contribution in [0.15, 0.2) is 24.3 Å². The minimum absolute atomic E-state index is 0.407. The summed E-state index contributed by atoms with van der Waals surface area (Å²) in [6.45, 7) is 0.407. The topological polar surface area (TPSA) is 26.0 Å². The Morgan fingerprint density at radius 3 is 2.67 bits per heavy atom. The van der Waals surface area contributed by atoms with E-state index in [0.717, 1.165) is 10.6 Å². The van der Waals surface area contributed by atoms with Gasteiger partial charge in [0.15, 0.2) is 0 Å². The number of hydrogen-bond donors (Lipinski definition) is 1. The second-order valence-electron chi connectivity index (χ2n) is 2.33. The molecule has 0 heterocycles. The van der Waals surface area contributed by atoms with Gasteiger partial charge in [-0.15, -0.1) is 0 Å². The van der Waals surface area contributed by atoms with Crippen molar-refractivity contribution in [3.63, 3.8) is 0 Å². The normalized spacial score (nSPS) is 8.83. The van der Waals surface area contributed by atoms with Gasteiger partial charge in [-0.3, -0.25) is 0 Å². The van der Waals surface area contributed by atoms with Crippen molar-refractivity contribution in [3.05, 3.63) is 34.9 Å². The molecule has 0 bridgehead atoms. The molecule has 1 rings (SSSR count). The molecule has 12 heavy (non-hydrogen) atoms. The quantitative estimate of drug-likeness (QED) is 0.655. The first-order chi connectivity index (χ1) is 5.84. The lowest BCUT2D eigenvalue weighted by Gasteiger charge is -1.96. The first kappa shape index (κ1) is 9.12.